The van der Waals surface area contributed by atoms with Gasteiger partial charge in [-0.3, -0.25) is 9.78 Å². The molecule has 0 saturated heterocycles. The Kier molecular flexibility index (Phi) is 5.41. The van der Waals surface area contributed by atoms with E-state index >= 15 is 0 Å². The first-order valence-electron chi connectivity index (χ1n) is 7.38. The first kappa shape index (κ1) is 16.4. The molecule has 2 aromatic heterocycles. The van der Waals surface area contributed by atoms with Crippen molar-refractivity contribution < 1.29 is 4.79 Å². The van der Waals surface area contributed by atoms with Crippen LogP contribution in [-0.2, 0) is 4.79 Å². The van der Waals surface area contributed by atoms with Crippen molar-refractivity contribution >= 4 is 34.9 Å². The minimum atomic E-state index is -0.209. The van der Waals surface area contributed by atoms with Crippen LogP contribution in [0.25, 0.3) is 6.08 Å². The van der Waals surface area contributed by atoms with Crippen molar-refractivity contribution in [3.05, 3.63) is 93.4 Å². The summed E-state index contributed by atoms with van der Waals surface area (Å²) in [6.45, 7) is 0. The maximum Gasteiger partial charge on any atom is 0.244 e. The number of hydrogen-bond donors (Lipinski definition) is 1. The van der Waals surface area contributed by atoms with E-state index < -0.39 is 0 Å². The van der Waals surface area contributed by atoms with Crippen LogP contribution in [0.5, 0.6) is 0 Å². The average molecular weight is 355 g/mol. The SMILES string of the molecule is O=C(C=Cc1cccnc1)NC(c1ccc(Cl)cc1)c1ccsc1. The van der Waals surface area contributed by atoms with Gasteiger partial charge < -0.3 is 5.32 Å². The lowest BCUT2D eigenvalue weighted by atomic mass is 10.0. The van der Waals surface area contributed by atoms with E-state index in [-0.39, 0.29) is 11.9 Å². The number of nitrogens with zero attached hydrogens (tertiary/aromatic N) is 1. The summed E-state index contributed by atoms with van der Waals surface area (Å²) in [5.74, 6) is -0.162. The molecular formula is C19H15ClN2OS. The van der Waals surface area contributed by atoms with Crippen molar-refractivity contribution in [3.63, 3.8) is 0 Å². The maximum atomic E-state index is 12.3. The van der Waals surface area contributed by atoms with E-state index in [0.717, 1.165) is 16.7 Å². The van der Waals surface area contributed by atoms with Gasteiger partial charge in [-0.25, -0.2) is 0 Å². The number of benzene rings is 1. The van der Waals surface area contributed by atoms with E-state index in [1.807, 2.05) is 53.2 Å². The Labute approximate surface area is 149 Å². The summed E-state index contributed by atoms with van der Waals surface area (Å²) in [4.78, 5) is 16.3. The van der Waals surface area contributed by atoms with Crippen LogP contribution < -0.4 is 5.32 Å². The Morgan fingerprint density at radius 1 is 1.17 bits per heavy atom. The van der Waals surface area contributed by atoms with E-state index in [0.29, 0.717) is 5.02 Å². The molecule has 0 bridgehead atoms. The molecule has 1 amide bonds. The Morgan fingerprint density at radius 2 is 2.00 bits per heavy atom. The summed E-state index contributed by atoms with van der Waals surface area (Å²) in [5.41, 5.74) is 2.91. The highest BCUT2D eigenvalue weighted by Gasteiger charge is 2.16. The molecule has 0 spiro atoms. The summed E-state index contributed by atoms with van der Waals surface area (Å²) in [7, 11) is 0. The van der Waals surface area contributed by atoms with Gasteiger partial charge in [0.05, 0.1) is 6.04 Å². The Balaban J connectivity index is 1.78. The summed E-state index contributed by atoms with van der Waals surface area (Å²) in [5, 5.41) is 7.74. The first-order valence-corrected chi connectivity index (χ1v) is 8.70. The predicted octanol–water partition coefficient (Wildman–Crippen LogP) is 4.72. The number of pyridine rings is 1. The molecule has 1 unspecified atom stereocenters. The molecule has 5 heteroatoms. The molecule has 1 N–H and O–H groups in total. The zero-order valence-corrected chi connectivity index (χ0v) is 14.3. The Hall–Kier alpha value is -2.43. The van der Waals surface area contributed by atoms with Gasteiger partial charge in [0.15, 0.2) is 0 Å². The topological polar surface area (TPSA) is 42.0 Å². The molecule has 2 heterocycles. The van der Waals surface area contributed by atoms with Gasteiger partial charge in [-0.15, -0.1) is 0 Å². The van der Waals surface area contributed by atoms with E-state index in [1.165, 1.54) is 6.08 Å². The number of thiophene rings is 1. The monoisotopic (exact) mass is 354 g/mol. The molecular weight excluding hydrogens is 340 g/mol. The van der Waals surface area contributed by atoms with Gasteiger partial charge in [0.25, 0.3) is 0 Å². The minimum Gasteiger partial charge on any atom is -0.342 e. The quantitative estimate of drug-likeness (QED) is 0.674. The molecule has 0 aliphatic rings. The van der Waals surface area contributed by atoms with E-state index in [4.69, 9.17) is 11.6 Å². The molecule has 0 aliphatic heterocycles. The molecule has 0 aliphatic carbocycles. The number of aromatic nitrogens is 1. The number of rotatable bonds is 5. The third-order valence-corrected chi connectivity index (χ3v) is 4.43. The number of hydrogen-bond acceptors (Lipinski definition) is 3. The number of amides is 1. The standard InChI is InChI=1S/C19H15ClN2OS/c20-17-6-4-15(5-7-17)19(16-9-11-24-13-16)22-18(23)8-3-14-2-1-10-21-12-14/h1-13,19H,(H,22,23). The van der Waals surface area contributed by atoms with Gasteiger partial charge in [-0.2, -0.15) is 11.3 Å². The fourth-order valence-corrected chi connectivity index (χ4v) is 3.10. The fraction of sp³-hybridized carbons (Fsp3) is 0.0526. The highest BCUT2D eigenvalue weighted by Crippen LogP contribution is 2.25. The normalized spacial score (nSPS) is 12.2. The number of carbonyl (C=O) groups is 1. The van der Waals surface area contributed by atoms with Gasteiger partial charge >= 0.3 is 0 Å². The van der Waals surface area contributed by atoms with Crippen LogP contribution in [0.4, 0.5) is 0 Å². The van der Waals surface area contributed by atoms with Crippen LogP contribution in [0.2, 0.25) is 5.02 Å². The number of halogens is 1. The van der Waals surface area contributed by atoms with Crippen LogP contribution in [0, 0.1) is 0 Å². The summed E-state index contributed by atoms with van der Waals surface area (Å²) >= 11 is 7.56. The second-order valence-corrected chi connectivity index (χ2v) is 6.39. The smallest absolute Gasteiger partial charge is 0.244 e. The summed E-state index contributed by atoms with van der Waals surface area (Å²) < 4.78 is 0. The van der Waals surface area contributed by atoms with Crippen molar-refractivity contribution in [1.82, 2.24) is 10.3 Å². The second kappa shape index (κ2) is 7.90. The highest BCUT2D eigenvalue weighted by atomic mass is 35.5. The second-order valence-electron chi connectivity index (χ2n) is 5.17. The van der Waals surface area contributed by atoms with Crippen molar-refractivity contribution in [2.75, 3.05) is 0 Å². The lowest BCUT2D eigenvalue weighted by Gasteiger charge is -2.17. The summed E-state index contributed by atoms with van der Waals surface area (Å²) in [6.07, 6.45) is 6.67. The molecule has 3 aromatic rings. The molecule has 1 aromatic carbocycles. The third-order valence-electron chi connectivity index (χ3n) is 3.48. The zero-order chi connectivity index (χ0) is 16.8. The van der Waals surface area contributed by atoms with Crippen LogP contribution in [-0.4, -0.2) is 10.9 Å². The van der Waals surface area contributed by atoms with Gasteiger partial charge in [0, 0.05) is 23.5 Å². The molecule has 0 fully saturated rings. The van der Waals surface area contributed by atoms with Crippen LogP contribution >= 0.6 is 22.9 Å². The van der Waals surface area contributed by atoms with Gasteiger partial charge in [-0.05, 0) is 57.8 Å². The summed E-state index contributed by atoms with van der Waals surface area (Å²) in [6, 6.07) is 13.0. The number of nitrogens with one attached hydrogen (secondary N) is 1. The Bertz CT molecular complexity index is 814. The molecule has 24 heavy (non-hydrogen) atoms. The molecule has 3 rings (SSSR count). The van der Waals surface area contributed by atoms with E-state index in [1.54, 1.807) is 29.8 Å². The largest absolute Gasteiger partial charge is 0.342 e. The molecule has 0 saturated carbocycles. The predicted molar refractivity (Wildman–Crippen MR) is 99.0 cm³/mol. The third kappa shape index (κ3) is 4.31. The van der Waals surface area contributed by atoms with Crippen molar-refractivity contribution in [1.29, 1.82) is 0 Å². The van der Waals surface area contributed by atoms with Gasteiger partial charge in [0.1, 0.15) is 0 Å². The maximum absolute atomic E-state index is 12.3. The molecule has 1 atom stereocenters. The van der Waals surface area contributed by atoms with Crippen LogP contribution in [0.1, 0.15) is 22.7 Å². The molecule has 3 nitrogen and oxygen atoms in total. The van der Waals surface area contributed by atoms with Gasteiger partial charge in [-0.1, -0.05) is 29.8 Å². The van der Waals surface area contributed by atoms with Gasteiger partial charge in [0.2, 0.25) is 5.91 Å². The van der Waals surface area contributed by atoms with Crippen molar-refractivity contribution in [3.8, 4) is 0 Å². The highest BCUT2D eigenvalue weighted by molar-refractivity contribution is 7.08. The van der Waals surface area contributed by atoms with Crippen LogP contribution in [0.3, 0.4) is 0 Å². The van der Waals surface area contributed by atoms with E-state index in [9.17, 15) is 4.79 Å². The Morgan fingerprint density at radius 3 is 2.67 bits per heavy atom. The van der Waals surface area contributed by atoms with Crippen molar-refractivity contribution in [2.24, 2.45) is 0 Å². The fourth-order valence-electron chi connectivity index (χ4n) is 2.29. The first-order chi connectivity index (χ1) is 11.7. The number of carbonyl (C=O) groups excluding carboxylic acids is 1. The lowest BCUT2D eigenvalue weighted by molar-refractivity contribution is -0.116. The lowest BCUT2D eigenvalue weighted by Crippen LogP contribution is -2.27. The minimum absolute atomic E-state index is 0.162. The average Bonchev–Trinajstić information content (AvgIpc) is 3.14. The molecule has 0 radical (unpaired) electrons. The van der Waals surface area contributed by atoms with Crippen LogP contribution in [0.15, 0.2) is 71.7 Å². The zero-order valence-electron chi connectivity index (χ0n) is 12.7. The van der Waals surface area contributed by atoms with E-state index in [2.05, 4.69) is 10.3 Å². The van der Waals surface area contributed by atoms with Crippen molar-refractivity contribution in [2.45, 2.75) is 6.04 Å². The molecule has 120 valence electrons.